The zero-order valence-electron chi connectivity index (χ0n) is 18.9. The van der Waals surface area contributed by atoms with Crippen molar-refractivity contribution in [2.75, 3.05) is 58.4 Å². The standard InChI is InChI=1S/C26H33N3O3/c1-30-24-15-21-23(16-25(24)32-13-6-12-29-10-4-5-11-29)28-22-8-3-2-7-20(22)26(21)27-17-19-9-14-31-18-19/h2-3,7-8,15-16,19H,4-6,9-14,17-18H2,1H3,(H,27,28). The number of methoxy groups -OCH3 is 1. The van der Waals surface area contributed by atoms with Gasteiger partial charge in [-0.3, -0.25) is 0 Å². The molecule has 170 valence electrons. The van der Waals surface area contributed by atoms with E-state index in [1.165, 1.54) is 25.9 Å². The van der Waals surface area contributed by atoms with Gasteiger partial charge in [-0.15, -0.1) is 0 Å². The molecule has 2 aliphatic rings. The van der Waals surface area contributed by atoms with Crippen molar-refractivity contribution in [2.45, 2.75) is 25.7 Å². The van der Waals surface area contributed by atoms with Crippen molar-refractivity contribution >= 4 is 27.5 Å². The molecule has 0 bridgehead atoms. The van der Waals surface area contributed by atoms with Gasteiger partial charge in [-0.2, -0.15) is 0 Å². The number of hydrogen-bond donors (Lipinski definition) is 1. The average Bonchev–Trinajstić information content (AvgIpc) is 3.53. The molecule has 1 aromatic heterocycles. The summed E-state index contributed by atoms with van der Waals surface area (Å²) in [6, 6.07) is 12.4. The number of ether oxygens (including phenoxy) is 3. The topological polar surface area (TPSA) is 55.9 Å². The lowest BCUT2D eigenvalue weighted by Crippen LogP contribution is -2.21. The van der Waals surface area contributed by atoms with Crippen molar-refractivity contribution in [3.05, 3.63) is 36.4 Å². The molecule has 1 unspecified atom stereocenters. The van der Waals surface area contributed by atoms with Gasteiger partial charge in [-0.25, -0.2) is 4.98 Å². The number of nitrogens with one attached hydrogen (secondary N) is 1. The number of hydrogen-bond acceptors (Lipinski definition) is 6. The summed E-state index contributed by atoms with van der Waals surface area (Å²) < 4.78 is 17.4. The third-order valence-corrected chi connectivity index (χ3v) is 6.63. The van der Waals surface area contributed by atoms with Crippen LogP contribution in [0.4, 0.5) is 5.69 Å². The molecule has 6 heteroatoms. The Kier molecular flexibility index (Phi) is 6.60. The lowest BCUT2D eigenvalue weighted by atomic mass is 10.1. The number of fused-ring (bicyclic) bond motifs is 2. The number of aromatic nitrogens is 1. The van der Waals surface area contributed by atoms with Gasteiger partial charge in [0.25, 0.3) is 0 Å². The molecular formula is C26H33N3O3. The molecule has 6 nitrogen and oxygen atoms in total. The Morgan fingerprint density at radius 1 is 1.09 bits per heavy atom. The first-order chi connectivity index (χ1) is 15.8. The molecule has 1 N–H and O–H groups in total. The summed E-state index contributed by atoms with van der Waals surface area (Å²) in [5.41, 5.74) is 3.01. The third kappa shape index (κ3) is 4.62. The Morgan fingerprint density at radius 2 is 1.97 bits per heavy atom. The van der Waals surface area contributed by atoms with Gasteiger partial charge in [0.1, 0.15) is 0 Å². The van der Waals surface area contributed by atoms with Gasteiger partial charge < -0.3 is 24.4 Å². The van der Waals surface area contributed by atoms with Crippen LogP contribution < -0.4 is 14.8 Å². The highest BCUT2D eigenvalue weighted by molar-refractivity contribution is 6.08. The maximum Gasteiger partial charge on any atom is 0.163 e. The van der Waals surface area contributed by atoms with Crippen LogP contribution in [-0.4, -0.2) is 63.0 Å². The maximum atomic E-state index is 6.16. The molecule has 2 saturated heterocycles. The molecule has 5 rings (SSSR count). The second-order valence-corrected chi connectivity index (χ2v) is 8.89. The van der Waals surface area contributed by atoms with Crippen LogP contribution in [0.2, 0.25) is 0 Å². The number of benzene rings is 2. The van der Waals surface area contributed by atoms with Crippen molar-refractivity contribution < 1.29 is 14.2 Å². The Labute approximate surface area is 189 Å². The Morgan fingerprint density at radius 3 is 2.78 bits per heavy atom. The summed E-state index contributed by atoms with van der Waals surface area (Å²) in [6.45, 7) is 6.79. The van der Waals surface area contributed by atoms with Crippen molar-refractivity contribution in [2.24, 2.45) is 5.92 Å². The number of anilines is 1. The molecule has 0 aliphatic carbocycles. The van der Waals surface area contributed by atoms with Crippen molar-refractivity contribution in [1.82, 2.24) is 9.88 Å². The van der Waals surface area contributed by atoms with Gasteiger partial charge in [0.2, 0.25) is 0 Å². The third-order valence-electron chi connectivity index (χ3n) is 6.63. The number of pyridine rings is 1. The molecule has 32 heavy (non-hydrogen) atoms. The van der Waals surface area contributed by atoms with Crippen LogP contribution in [0.3, 0.4) is 0 Å². The van der Waals surface area contributed by atoms with E-state index in [-0.39, 0.29) is 0 Å². The number of nitrogens with zero attached hydrogens (tertiary/aromatic N) is 2. The summed E-state index contributed by atoms with van der Waals surface area (Å²) in [6.07, 6.45) is 4.77. The fraction of sp³-hybridized carbons (Fsp3) is 0.500. The van der Waals surface area contributed by atoms with Gasteiger partial charge in [0.05, 0.1) is 37.0 Å². The van der Waals surface area contributed by atoms with Gasteiger partial charge in [0, 0.05) is 42.5 Å². The van der Waals surface area contributed by atoms with E-state index in [0.717, 1.165) is 78.1 Å². The highest BCUT2D eigenvalue weighted by atomic mass is 16.5. The summed E-state index contributed by atoms with van der Waals surface area (Å²) in [7, 11) is 1.70. The number of likely N-dealkylation sites (tertiary alicyclic amines) is 1. The molecule has 2 aromatic carbocycles. The first-order valence-corrected chi connectivity index (χ1v) is 11.9. The van der Waals surface area contributed by atoms with Crippen molar-refractivity contribution in [3.63, 3.8) is 0 Å². The van der Waals surface area contributed by atoms with Crippen LogP contribution >= 0.6 is 0 Å². The zero-order chi connectivity index (χ0) is 21.8. The van der Waals surface area contributed by atoms with Crippen molar-refractivity contribution in [3.8, 4) is 11.5 Å². The molecule has 2 fully saturated rings. The maximum absolute atomic E-state index is 6.16. The molecule has 0 amide bonds. The monoisotopic (exact) mass is 435 g/mol. The fourth-order valence-electron chi connectivity index (χ4n) is 4.83. The molecule has 0 saturated carbocycles. The predicted octanol–water partition coefficient (Wildman–Crippen LogP) is 4.71. The minimum absolute atomic E-state index is 0.539. The van der Waals surface area contributed by atoms with Crippen LogP contribution in [0.1, 0.15) is 25.7 Å². The summed E-state index contributed by atoms with van der Waals surface area (Å²) >= 11 is 0. The second-order valence-electron chi connectivity index (χ2n) is 8.89. The average molecular weight is 436 g/mol. The van der Waals surface area contributed by atoms with Crippen LogP contribution in [0.15, 0.2) is 36.4 Å². The SMILES string of the molecule is COc1cc2c(NCC3CCOC3)c3ccccc3nc2cc1OCCCN1CCCC1. The minimum atomic E-state index is 0.539. The molecule has 3 aromatic rings. The Balaban J connectivity index is 1.41. The quantitative estimate of drug-likeness (QED) is 0.388. The highest BCUT2D eigenvalue weighted by Gasteiger charge is 2.18. The smallest absolute Gasteiger partial charge is 0.163 e. The summed E-state index contributed by atoms with van der Waals surface area (Å²) in [4.78, 5) is 7.45. The Hall–Kier alpha value is -2.57. The van der Waals surface area contributed by atoms with Gasteiger partial charge in [0.15, 0.2) is 11.5 Å². The van der Waals surface area contributed by atoms with Gasteiger partial charge in [-0.05, 0) is 50.9 Å². The van der Waals surface area contributed by atoms with E-state index in [0.29, 0.717) is 12.5 Å². The van der Waals surface area contributed by atoms with Gasteiger partial charge >= 0.3 is 0 Å². The first-order valence-electron chi connectivity index (χ1n) is 11.9. The fourth-order valence-corrected chi connectivity index (χ4v) is 4.83. The van der Waals surface area contributed by atoms with E-state index in [9.17, 15) is 0 Å². The largest absolute Gasteiger partial charge is 0.493 e. The summed E-state index contributed by atoms with van der Waals surface area (Å²) in [5.74, 6) is 2.06. The van der Waals surface area contributed by atoms with Gasteiger partial charge in [-0.1, -0.05) is 18.2 Å². The van der Waals surface area contributed by atoms with Crippen LogP contribution in [0, 0.1) is 5.92 Å². The Bertz CT molecular complexity index is 1060. The minimum Gasteiger partial charge on any atom is -0.493 e. The number of para-hydroxylation sites is 1. The molecule has 2 aliphatic heterocycles. The number of rotatable bonds is 9. The lowest BCUT2D eigenvalue weighted by Gasteiger charge is -2.18. The van der Waals surface area contributed by atoms with E-state index in [1.54, 1.807) is 7.11 Å². The molecule has 1 atom stereocenters. The van der Waals surface area contributed by atoms with Crippen LogP contribution in [-0.2, 0) is 4.74 Å². The van der Waals surface area contributed by atoms with E-state index in [2.05, 4.69) is 34.5 Å². The van der Waals surface area contributed by atoms with E-state index < -0.39 is 0 Å². The van der Waals surface area contributed by atoms with Crippen LogP contribution in [0.5, 0.6) is 11.5 Å². The predicted molar refractivity (Wildman–Crippen MR) is 129 cm³/mol. The summed E-state index contributed by atoms with van der Waals surface area (Å²) in [5, 5.41) is 5.89. The van der Waals surface area contributed by atoms with Crippen molar-refractivity contribution in [1.29, 1.82) is 0 Å². The highest BCUT2D eigenvalue weighted by Crippen LogP contribution is 2.38. The lowest BCUT2D eigenvalue weighted by molar-refractivity contribution is 0.187. The zero-order valence-corrected chi connectivity index (χ0v) is 18.9. The molecule has 0 radical (unpaired) electrons. The molecule has 3 heterocycles. The van der Waals surface area contributed by atoms with E-state index in [1.807, 2.05) is 12.1 Å². The second kappa shape index (κ2) is 9.92. The molecular weight excluding hydrogens is 402 g/mol. The normalized spacial score (nSPS) is 19.1. The first kappa shape index (κ1) is 21.3. The van der Waals surface area contributed by atoms with E-state index in [4.69, 9.17) is 19.2 Å². The molecule has 0 spiro atoms. The van der Waals surface area contributed by atoms with Crippen LogP contribution in [0.25, 0.3) is 21.8 Å². The van der Waals surface area contributed by atoms with E-state index >= 15 is 0 Å².